The van der Waals surface area contributed by atoms with Gasteiger partial charge in [-0.2, -0.15) is 0 Å². The Morgan fingerprint density at radius 2 is 1.75 bits per heavy atom. The molecule has 0 spiro atoms. The molecule has 0 aliphatic rings. The molecule has 4 heteroatoms. The number of rotatable bonds is 3. The number of imidazole rings is 1. The van der Waals surface area contributed by atoms with Crippen molar-refractivity contribution in [2.75, 3.05) is 5.73 Å². The monoisotopic (exact) mass is 287 g/mol. The molecule has 0 fully saturated rings. The minimum Gasteiger partial charge on any atom is -0.383 e. The van der Waals surface area contributed by atoms with Gasteiger partial charge in [-0.25, -0.2) is 4.98 Å². The highest BCUT2D eigenvalue weighted by atomic mass is 35.5. The molecule has 104 valence electrons. The van der Waals surface area contributed by atoms with Gasteiger partial charge in [-0.3, -0.25) is 4.40 Å². The van der Waals surface area contributed by atoms with E-state index in [1.54, 1.807) is 0 Å². The van der Waals surface area contributed by atoms with Gasteiger partial charge in [0.25, 0.3) is 0 Å². The van der Waals surface area contributed by atoms with Gasteiger partial charge in [0, 0.05) is 5.69 Å². The summed E-state index contributed by atoms with van der Waals surface area (Å²) in [4.78, 5) is 4.63. The fourth-order valence-corrected chi connectivity index (χ4v) is 2.42. The van der Waals surface area contributed by atoms with E-state index in [2.05, 4.69) is 29.2 Å². The lowest BCUT2D eigenvalue weighted by atomic mass is 10.1. The van der Waals surface area contributed by atoms with Crippen LogP contribution in [0.1, 0.15) is 17.0 Å². The van der Waals surface area contributed by atoms with Gasteiger partial charge < -0.3 is 5.73 Å². The van der Waals surface area contributed by atoms with Crippen LogP contribution in [-0.2, 0) is 12.8 Å². The lowest BCUT2D eigenvalue weighted by Gasteiger charge is -2.02. The Balaban J connectivity index is 0.00000147. The first-order valence-electron chi connectivity index (χ1n) is 6.52. The lowest BCUT2D eigenvalue weighted by Crippen LogP contribution is -2.00. The van der Waals surface area contributed by atoms with Gasteiger partial charge in [0.2, 0.25) is 0 Å². The molecule has 0 saturated heterocycles. The van der Waals surface area contributed by atoms with Crippen molar-refractivity contribution >= 4 is 23.9 Å². The maximum Gasteiger partial charge on any atom is 0.138 e. The fraction of sp³-hybridized carbons (Fsp3) is 0.188. The smallest absolute Gasteiger partial charge is 0.138 e. The molecular formula is C16H18ClN3. The van der Waals surface area contributed by atoms with Crippen LogP contribution in [0.4, 0.5) is 5.82 Å². The van der Waals surface area contributed by atoms with Crippen LogP contribution >= 0.6 is 12.4 Å². The molecule has 3 nitrogen and oxygen atoms in total. The van der Waals surface area contributed by atoms with Gasteiger partial charge in [0.05, 0.1) is 5.69 Å². The second-order valence-corrected chi connectivity index (χ2v) is 4.79. The van der Waals surface area contributed by atoms with E-state index in [0.29, 0.717) is 0 Å². The molecule has 1 aromatic carbocycles. The van der Waals surface area contributed by atoms with E-state index in [0.717, 1.165) is 35.7 Å². The maximum atomic E-state index is 6.20. The normalized spacial score (nSPS) is 10.4. The van der Waals surface area contributed by atoms with E-state index in [4.69, 9.17) is 5.73 Å². The zero-order chi connectivity index (χ0) is 13.2. The van der Waals surface area contributed by atoms with Gasteiger partial charge in [0.1, 0.15) is 11.5 Å². The van der Waals surface area contributed by atoms with Gasteiger partial charge in [-0.05, 0) is 37.5 Å². The van der Waals surface area contributed by atoms with Crippen molar-refractivity contribution in [3.63, 3.8) is 0 Å². The third-order valence-electron chi connectivity index (χ3n) is 3.44. The third-order valence-corrected chi connectivity index (χ3v) is 3.44. The zero-order valence-electron chi connectivity index (χ0n) is 11.4. The third kappa shape index (κ3) is 2.63. The first-order chi connectivity index (χ1) is 9.25. The van der Waals surface area contributed by atoms with E-state index in [1.807, 2.05) is 35.6 Å². The van der Waals surface area contributed by atoms with E-state index in [-0.39, 0.29) is 12.4 Å². The minimum absolute atomic E-state index is 0. The number of nitrogen functional groups attached to an aromatic ring is 1. The average Bonchev–Trinajstić information content (AvgIpc) is 2.76. The number of pyridine rings is 1. The van der Waals surface area contributed by atoms with Crippen molar-refractivity contribution in [2.45, 2.75) is 19.8 Å². The molecular weight excluding hydrogens is 270 g/mol. The van der Waals surface area contributed by atoms with Gasteiger partial charge >= 0.3 is 0 Å². The number of fused-ring (bicyclic) bond motifs is 1. The summed E-state index contributed by atoms with van der Waals surface area (Å²) in [6.07, 6.45) is 1.84. The Labute approximate surface area is 124 Å². The molecule has 0 amide bonds. The topological polar surface area (TPSA) is 43.3 Å². The fourth-order valence-electron chi connectivity index (χ4n) is 2.42. The van der Waals surface area contributed by atoms with Gasteiger partial charge in [-0.15, -0.1) is 12.4 Å². The zero-order valence-corrected chi connectivity index (χ0v) is 12.2. The van der Waals surface area contributed by atoms with Crippen molar-refractivity contribution < 1.29 is 0 Å². The Morgan fingerprint density at radius 3 is 2.45 bits per heavy atom. The predicted octanol–water partition coefficient (Wildman–Crippen LogP) is 3.43. The van der Waals surface area contributed by atoms with Crippen LogP contribution in [0, 0.1) is 6.92 Å². The number of aromatic nitrogens is 2. The molecule has 3 aromatic rings. The molecule has 0 aliphatic carbocycles. The number of nitrogens with two attached hydrogens (primary N) is 1. The van der Waals surface area contributed by atoms with Crippen molar-refractivity contribution in [2.24, 2.45) is 0 Å². The molecule has 0 atom stereocenters. The molecule has 2 N–H and O–H groups in total. The number of hydrogen-bond donors (Lipinski definition) is 1. The highest BCUT2D eigenvalue weighted by Gasteiger charge is 2.10. The number of benzene rings is 1. The lowest BCUT2D eigenvalue weighted by molar-refractivity contribution is 0.930. The van der Waals surface area contributed by atoms with E-state index in [9.17, 15) is 0 Å². The summed E-state index contributed by atoms with van der Waals surface area (Å²) >= 11 is 0. The van der Waals surface area contributed by atoms with Crippen LogP contribution in [0.15, 0.2) is 48.5 Å². The highest BCUT2D eigenvalue weighted by Crippen LogP contribution is 2.18. The van der Waals surface area contributed by atoms with Crippen LogP contribution in [0.5, 0.6) is 0 Å². The van der Waals surface area contributed by atoms with Crippen LogP contribution in [0.25, 0.3) is 5.65 Å². The molecule has 0 unspecified atom stereocenters. The first-order valence-corrected chi connectivity index (χ1v) is 6.52. The molecule has 2 heterocycles. The summed E-state index contributed by atoms with van der Waals surface area (Å²) < 4.78 is 2.01. The van der Waals surface area contributed by atoms with E-state index in [1.165, 1.54) is 5.56 Å². The maximum absolute atomic E-state index is 6.20. The van der Waals surface area contributed by atoms with Crippen molar-refractivity contribution in [3.8, 4) is 0 Å². The summed E-state index contributed by atoms with van der Waals surface area (Å²) in [5.74, 6) is 0.768. The van der Waals surface area contributed by atoms with Crippen LogP contribution in [0.2, 0.25) is 0 Å². The van der Waals surface area contributed by atoms with Crippen LogP contribution in [-0.4, -0.2) is 9.38 Å². The number of nitrogens with zero attached hydrogens (tertiary/aromatic N) is 2. The number of aryl methyl sites for hydroxylation is 3. The quantitative estimate of drug-likeness (QED) is 0.802. The number of halogens is 1. The second-order valence-electron chi connectivity index (χ2n) is 4.79. The Kier molecular flexibility index (Phi) is 4.30. The first kappa shape index (κ1) is 14.4. The second kappa shape index (κ2) is 5.97. The summed E-state index contributed by atoms with van der Waals surface area (Å²) in [6.45, 7) is 2.05. The van der Waals surface area contributed by atoms with Gasteiger partial charge in [0.15, 0.2) is 0 Å². The summed E-state index contributed by atoms with van der Waals surface area (Å²) in [7, 11) is 0. The SMILES string of the molecule is Cc1cccc2nc(CCc3ccccc3)c(N)n12.Cl. The largest absolute Gasteiger partial charge is 0.383 e. The van der Waals surface area contributed by atoms with Crippen molar-refractivity contribution in [1.29, 1.82) is 0 Å². The average molecular weight is 288 g/mol. The standard InChI is InChI=1S/C16H17N3.ClH/c1-12-6-5-9-15-18-14(16(17)19(12)15)11-10-13-7-3-2-4-8-13;/h2-9H,10-11,17H2,1H3;1H. The number of anilines is 1. The van der Waals surface area contributed by atoms with E-state index < -0.39 is 0 Å². The Morgan fingerprint density at radius 1 is 1.00 bits per heavy atom. The molecule has 2 aromatic heterocycles. The molecule has 20 heavy (non-hydrogen) atoms. The predicted molar refractivity (Wildman–Crippen MR) is 85.4 cm³/mol. The van der Waals surface area contributed by atoms with Crippen LogP contribution < -0.4 is 5.73 Å². The highest BCUT2D eigenvalue weighted by molar-refractivity contribution is 5.85. The summed E-state index contributed by atoms with van der Waals surface area (Å²) in [5.41, 5.74) is 10.6. The van der Waals surface area contributed by atoms with Crippen molar-refractivity contribution in [3.05, 3.63) is 65.5 Å². The molecule has 0 saturated carbocycles. The Bertz CT molecular complexity index is 704. The molecule has 3 rings (SSSR count). The molecule has 0 aliphatic heterocycles. The molecule has 0 bridgehead atoms. The van der Waals surface area contributed by atoms with E-state index >= 15 is 0 Å². The minimum atomic E-state index is 0. The van der Waals surface area contributed by atoms with Gasteiger partial charge in [-0.1, -0.05) is 36.4 Å². The Hall–Kier alpha value is -2.00. The summed E-state index contributed by atoms with van der Waals surface area (Å²) in [5, 5.41) is 0. The van der Waals surface area contributed by atoms with Crippen molar-refractivity contribution in [1.82, 2.24) is 9.38 Å². The van der Waals surface area contributed by atoms with Crippen LogP contribution in [0.3, 0.4) is 0 Å². The molecule has 0 radical (unpaired) electrons. The number of hydrogen-bond acceptors (Lipinski definition) is 2. The summed E-state index contributed by atoms with van der Waals surface area (Å²) in [6, 6.07) is 16.5.